The Morgan fingerprint density at radius 1 is 1.37 bits per heavy atom. The third-order valence-electron chi connectivity index (χ3n) is 4.44. The summed E-state index contributed by atoms with van der Waals surface area (Å²) in [5.41, 5.74) is 0.863. The van der Waals surface area contributed by atoms with Crippen LogP contribution in [-0.4, -0.2) is 73.5 Å². The molecule has 4 atom stereocenters. The van der Waals surface area contributed by atoms with Crippen molar-refractivity contribution in [3.05, 3.63) is 5.15 Å². The van der Waals surface area contributed by atoms with Crippen LogP contribution >= 0.6 is 23.4 Å². The highest BCUT2D eigenvalue weighted by Gasteiger charge is 2.55. The van der Waals surface area contributed by atoms with Crippen molar-refractivity contribution in [3.63, 3.8) is 0 Å². The van der Waals surface area contributed by atoms with Gasteiger partial charge in [0, 0.05) is 12.2 Å². The first-order valence-corrected chi connectivity index (χ1v) is 9.99. The molecule has 4 unspecified atom stereocenters. The minimum Gasteiger partial charge on any atom is -0.425 e. The molecule has 2 fully saturated rings. The largest absolute Gasteiger partial charge is 0.509 e. The van der Waals surface area contributed by atoms with Crippen LogP contribution in [0.5, 0.6) is 0 Å². The standard InChI is InChI=1S/C15H18ClN5O5S/c1-2-5-27-14-17-12(16)9-13(18-14)21(20-19-9)7-6-8(24-4-3-22)11-10(7)25-15(23)26-11/h7-8,10-11,22H,2-6H2,1H3. The molecule has 0 bridgehead atoms. The summed E-state index contributed by atoms with van der Waals surface area (Å²) < 4.78 is 17.8. The number of aliphatic hydroxyl groups excluding tert-OH is 1. The average Bonchev–Trinajstić information content (AvgIpc) is 3.32. The molecule has 0 amide bonds. The molecule has 3 heterocycles. The Hall–Kier alpha value is -1.69. The van der Waals surface area contributed by atoms with Crippen LogP contribution < -0.4 is 0 Å². The van der Waals surface area contributed by atoms with Gasteiger partial charge < -0.3 is 19.3 Å². The van der Waals surface area contributed by atoms with Gasteiger partial charge in [-0.05, 0) is 6.42 Å². The van der Waals surface area contributed by atoms with E-state index in [-0.39, 0.29) is 24.4 Å². The molecular formula is C15H18ClN5O5S. The van der Waals surface area contributed by atoms with E-state index >= 15 is 0 Å². The molecule has 4 rings (SSSR count). The van der Waals surface area contributed by atoms with Crippen molar-refractivity contribution < 1.29 is 24.1 Å². The highest BCUT2D eigenvalue weighted by atomic mass is 35.5. The summed E-state index contributed by atoms with van der Waals surface area (Å²) >= 11 is 7.75. The lowest BCUT2D eigenvalue weighted by Gasteiger charge is -2.15. The molecule has 146 valence electrons. The van der Waals surface area contributed by atoms with E-state index in [4.69, 9.17) is 30.9 Å². The van der Waals surface area contributed by atoms with Crippen LogP contribution in [0.3, 0.4) is 0 Å². The lowest BCUT2D eigenvalue weighted by atomic mass is 10.2. The van der Waals surface area contributed by atoms with Gasteiger partial charge in [0.15, 0.2) is 33.7 Å². The first-order chi connectivity index (χ1) is 13.1. The summed E-state index contributed by atoms with van der Waals surface area (Å²) in [6, 6.07) is -0.370. The SMILES string of the molecule is CCCSc1nc(Cl)c2nnn(C3CC(OCCO)C4OC(=O)OC43)c2n1. The summed E-state index contributed by atoms with van der Waals surface area (Å²) in [5, 5.41) is 18.1. The number of ether oxygens (including phenoxy) is 3. The van der Waals surface area contributed by atoms with Crippen molar-refractivity contribution in [2.45, 2.75) is 49.3 Å². The lowest BCUT2D eigenvalue weighted by Crippen LogP contribution is -2.31. The second-order valence-electron chi connectivity index (χ2n) is 6.20. The third kappa shape index (κ3) is 3.44. The Balaban J connectivity index is 1.68. The van der Waals surface area contributed by atoms with Crippen LogP contribution in [0, 0.1) is 0 Å². The maximum atomic E-state index is 11.6. The number of rotatable bonds is 7. The topological polar surface area (TPSA) is 121 Å². The number of fused-ring (bicyclic) bond motifs is 2. The first-order valence-electron chi connectivity index (χ1n) is 8.63. The fourth-order valence-corrected chi connectivity index (χ4v) is 4.29. The summed E-state index contributed by atoms with van der Waals surface area (Å²) in [6.07, 6.45) is -0.857. The second kappa shape index (κ2) is 7.74. The maximum Gasteiger partial charge on any atom is 0.509 e. The molecule has 12 heteroatoms. The van der Waals surface area contributed by atoms with E-state index in [9.17, 15) is 4.79 Å². The number of aromatic nitrogens is 5. The average molecular weight is 416 g/mol. The predicted molar refractivity (Wildman–Crippen MR) is 94.8 cm³/mol. The molecule has 1 saturated heterocycles. The Morgan fingerprint density at radius 2 is 2.19 bits per heavy atom. The Morgan fingerprint density at radius 3 is 2.96 bits per heavy atom. The summed E-state index contributed by atoms with van der Waals surface area (Å²) in [7, 11) is 0. The fraction of sp³-hybridized carbons (Fsp3) is 0.667. The predicted octanol–water partition coefficient (Wildman–Crippen LogP) is 1.60. The number of thioether (sulfide) groups is 1. The van der Waals surface area contributed by atoms with Gasteiger partial charge >= 0.3 is 6.16 Å². The number of halogens is 1. The molecule has 1 N–H and O–H groups in total. The molecule has 2 aromatic rings. The molecule has 10 nitrogen and oxygen atoms in total. The van der Waals surface area contributed by atoms with Crippen LogP contribution in [-0.2, 0) is 14.2 Å². The summed E-state index contributed by atoms with van der Waals surface area (Å²) in [5.74, 6) is 0.861. The monoisotopic (exact) mass is 415 g/mol. The van der Waals surface area contributed by atoms with Crippen molar-refractivity contribution in [1.82, 2.24) is 25.0 Å². The van der Waals surface area contributed by atoms with Crippen molar-refractivity contribution in [3.8, 4) is 0 Å². The minimum atomic E-state index is -0.747. The molecule has 0 aromatic carbocycles. The molecule has 27 heavy (non-hydrogen) atoms. The molecule has 2 aromatic heterocycles. The number of hydrogen-bond acceptors (Lipinski definition) is 10. The molecule has 0 spiro atoms. The van der Waals surface area contributed by atoms with E-state index in [0.717, 1.165) is 12.2 Å². The third-order valence-corrected chi connectivity index (χ3v) is 5.76. The minimum absolute atomic E-state index is 0.125. The van der Waals surface area contributed by atoms with Gasteiger partial charge in [-0.3, -0.25) is 0 Å². The van der Waals surface area contributed by atoms with Crippen LogP contribution in [0.15, 0.2) is 5.16 Å². The van der Waals surface area contributed by atoms with E-state index in [2.05, 4.69) is 27.2 Å². The van der Waals surface area contributed by atoms with E-state index in [0.29, 0.717) is 22.7 Å². The maximum absolute atomic E-state index is 11.6. The molecule has 1 saturated carbocycles. The van der Waals surface area contributed by atoms with Gasteiger partial charge in [0.2, 0.25) is 0 Å². The van der Waals surface area contributed by atoms with Gasteiger partial charge in [-0.2, -0.15) is 0 Å². The number of hydrogen-bond donors (Lipinski definition) is 1. The van der Waals surface area contributed by atoms with Crippen LogP contribution in [0.1, 0.15) is 25.8 Å². The van der Waals surface area contributed by atoms with Crippen LogP contribution in [0.25, 0.3) is 11.2 Å². The van der Waals surface area contributed by atoms with E-state index in [1.54, 1.807) is 4.68 Å². The number of nitrogens with zero attached hydrogens (tertiary/aromatic N) is 5. The van der Waals surface area contributed by atoms with E-state index in [1.807, 2.05) is 0 Å². The molecular weight excluding hydrogens is 398 g/mol. The zero-order chi connectivity index (χ0) is 19.0. The van der Waals surface area contributed by atoms with Crippen LogP contribution in [0.2, 0.25) is 5.15 Å². The normalized spacial score (nSPS) is 27.0. The summed E-state index contributed by atoms with van der Waals surface area (Å²) in [6.45, 7) is 2.08. The molecule has 0 radical (unpaired) electrons. The van der Waals surface area contributed by atoms with Gasteiger partial charge in [-0.15, -0.1) is 5.10 Å². The molecule has 1 aliphatic heterocycles. The number of carbonyl (C=O) groups is 1. The molecule has 1 aliphatic carbocycles. The Bertz CT molecular complexity index is 851. The fourth-order valence-electron chi connectivity index (χ4n) is 3.34. The smallest absolute Gasteiger partial charge is 0.425 e. The van der Waals surface area contributed by atoms with E-state index < -0.39 is 24.5 Å². The van der Waals surface area contributed by atoms with Gasteiger partial charge in [-0.1, -0.05) is 35.5 Å². The van der Waals surface area contributed by atoms with Crippen molar-refractivity contribution in [2.75, 3.05) is 19.0 Å². The van der Waals surface area contributed by atoms with Gasteiger partial charge in [0.05, 0.1) is 19.3 Å². The summed E-state index contributed by atoms with van der Waals surface area (Å²) in [4.78, 5) is 20.4. The van der Waals surface area contributed by atoms with Gasteiger partial charge in [0.25, 0.3) is 0 Å². The first kappa shape index (κ1) is 18.7. The highest BCUT2D eigenvalue weighted by molar-refractivity contribution is 7.99. The molecule has 2 aliphatic rings. The highest BCUT2D eigenvalue weighted by Crippen LogP contribution is 2.41. The van der Waals surface area contributed by atoms with Crippen LogP contribution in [0.4, 0.5) is 4.79 Å². The Kier molecular flexibility index (Phi) is 5.35. The second-order valence-corrected chi connectivity index (χ2v) is 7.62. The van der Waals surface area contributed by atoms with Crippen molar-refractivity contribution >= 4 is 40.7 Å². The number of aliphatic hydroxyl groups is 1. The van der Waals surface area contributed by atoms with Crippen molar-refractivity contribution in [2.24, 2.45) is 0 Å². The van der Waals surface area contributed by atoms with E-state index in [1.165, 1.54) is 11.8 Å². The quantitative estimate of drug-likeness (QED) is 0.309. The lowest BCUT2D eigenvalue weighted by molar-refractivity contribution is -0.0274. The Labute approximate surface area is 163 Å². The zero-order valence-electron chi connectivity index (χ0n) is 14.4. The van der Waals surface area contributed by atoms with Gasteiger partial charge in [-0.25, -0.2) is 19.4 Å². The van der Waals surface area contributed by atoms with Crippen molar-refractivity contribution in [1.29, 1.82) is 0 Å². The zero-order valence-corrected chi connectivity index (χ0v) is 16.0. The number of carbonyl (C=O) groups excluding carboxylic acids is 1. The van der Waals surface area contributed by atoms with Gasteiger partial charge in [0.1, 0.15) is 6.10 Å².